The van der Waals surface area contributed by atoms with E-state index >= 15 is 0 Å². The van der Waals surface area contributed by atoms with Crippen molar-refractivity contribution in [1.82, 2.24) is 10.7 Å². The van der Waals surface area contributed by atoms with E-state index in [-0.39, 0.29) is 12.5 Å². The summed E-state index contributed by atoms with van der Waals surface area (Å²) < 4.78 is 0. The lowest BCUT2D eigenvalue weighted by Gasteiger charge is -2.07. The second-order valence-corrected chi connectivity index (χ2v) is 1.96. The van der Waals surface area contributed by atoms with Gasteiger partial charge in [-0.05, 0) is 0 Å². The van der Waals surface area contributed by atoms with Crippen LogP contribution in [-0.2, 0) is 9.59 Å². The fraction of sp³-hybridized carbons (Fsp3) is 0.600. The molecular formula is C5H11N3O3. The molecule has 0 radical (unpaired) electrons. The van der Waals surface area contributed by atoms with E-state index in [4.69, 9.17) is 10.9 Å². The van der Waals surface area contributed by atoms with Crippen LogP contribution < -0.4 is 16.6 Å². The highest BCUT2D eigenvalue weighted by Crippen LogP contribution is 1.78. The van der Waals surface area contributed by atoms with Crippen molar-refractivity contribution >= 4 is 11.8 Å². The number of hydrogen-bond donors (Lipinski definition) is 4. The van der Waals surface area contributed by atoms with E-state index in [1.54, 1.807) is 5.43 Å². The number of aliphatic hydroxyl groups excluding tert-OH is 1. The Labute approximate surface area is 63.7 Å². The first-order chi connectivity index (χ1) is 5.07. The van der Waals surface area contributed by atoms with E-state index in [2.05, 4.69) is 5.32 Å². The summed E-state index contributed by atoms with van der Waals surface area (Å²) in [7, 11) is 0. The summed E-state index contributed by atoms with van der Waals surface area (Å²) in [5.41, 5.74) is 1.75. The van der Waals surface area contributed by atoms with E-state index < -0.39 is 12.0 Å². The predicted octanol–water partition coefficient (Wildman–Crippen LogP) is -2.53. The average Bonchev–Trinajstić information content (AvgIpc) is 1.98. The Kier molecular flexibility index (Phi) is 4.16. The van der Waals surface area contributed by atoms with Crippen LogP contribution in [0, 0.1) is 0 Å². The molecule has 0 aliphatic heterocycles. The highest BCUT2D eigenvalue weighted by atomic mass is 16.3. The summed E-state index contributed by atoms with van der Waals surface area (Å²) in [5, 5.41) is 11.1. The molecule has 64 valence electrons. The summed E-state index contributed by atoms with van der Waals surface area (Å²) in [5.74, 6) is 3.67. The molecule has 11 heavy (non-hydrogen) atoms. The quantitative estimate of drug-likeness (QED) is 0.208. The molecule has 1 atom stereocenters. The number of hydrazine groups is 1. The van der Waals surface area contributed by atoms with Crippen LogP contribution in [0.4, 0.5) is 0 Å². The molecule has 0 aromatic heterocycles. The minimum Gasteiger partial charge on any atom is -0.381 e. The molecule has 0 saturated carbocycles. The molecule has 2 amide bonds. The summed E-state index contributed by atoms with van der Waals surface area (Å²) in [6, 6.07) is 0. The molecule has 1 unspecified atom stereocenters. The van der Waals surface area contributed by atoms with Crippen LogP contribution >= 0.6 is 0 Å². The summed E-state index contributed by atoms with van der Waals surface area (Å²) in [4.78, 5) is 20.8. The van der Waals surface area contributed by atoms with Crippen molar-refractivity contribution in [2.45, 2.75) is 13.0 Å². The molecule has 0 fully saturated rings. The monoisotopic (exact) mass is 161 g/mol. The molecule has 0 aliphatic carbocycles. The zero-order chi connectivity index (χ0) is 8.85. The predicted molar refractivity (Wildman–Crippen MR) is 37.0 cm³/mol. The Bertz CT molecular complexity index is 159. The first-order valence-electron chi connectivity index (χ1n) is 3.01. The highest BCUT2D eigenvalue weighted by Gasteiger charge is 2.12. The van der Waals surface area contributed by atoms with Gasteiger partial charge in [-0.1, -0.05) is 0 Å². The van der Waals surface area contributed by atoms with Gasteiger partial charge in [0, 0.05) is 6.92 Å². The van der Waals surface area contributed by atoms with E-state index in [0.29, 0.717) is 0 Å². The van der Waals surface area contributed by atoms with Crippen molar-refractivity contribution in [1.29, 1.82) is 0 Å². The number of carbonyl (C=O) groups is 2. The van der Waals surface area contributed by atoms with Gasteiger partial charge in [0.1, 0.15) is 0 Å². The Morgan fingerprint density at radius 3 is 2.55 bits per heavy atom. The Morgan fingerprint density at radius 2 is 2.18 bits per heavy atom. The SMILES string of the molecule is CC(=O)NCC(O)C(=O)NN. The van der Waals surface area contributed by atoms with Gasteiger partial charge in [0.05, 0.1) is 6.54 Å². The molecule has 0 bridgehead atoms. The smallest absolute Gasteiger partial charge is 0.264 e. The average molecular weight is 161 g/mol. The van der Waals surface area contributed by atoms with Gasteiger partial charge in [0.25, 0.3) is 5.91 Å². The third kappa shape index (κ3) is 4.29. The third-order valence-electron chi connectivity index (χ3n) is 0.989. The molecular weight excluding hydrogens is 150 g/mol. The van der Waals surface area contributed by atoms with E-state index in [9.17, 15) is 9.59 Å². The molecule has 0 aromatic carbocycles. The molecule has 0 rings (SSSR count). The van der Waals surface area contributed by atoms with Crippen LogP contribution in [0.15, 0.2) is 0 Å². The van der Waals surface area contributed by atoms with Crippen molar-refractivity contribution in [2.75, 3.05) is 6.54 Å². The molecule has 6 nitrogen and oxygen atoms in total. The van der Waals surface area contributed by atoms with Gasteiger partial charge in [0.2, 0.25) is 5.91 Å². The van der Waals surface area contributed by atoms with Gasteiger partial charge in [-0.2, -0.15) is 0 Å². The number of aliphatic hydroxyl groups is 1. The molecule has 6 heteroatoms. The van der Waals surface area contributed by atoms with Crippen molar-refractivity contribution in [3.8, 4) is 0 Å². The normalized spacial score (nSPS) is 11.9. The fourth-order valence-corrected chi connectivity index (χ4v) is 0.429. The van der Waals surface area contributed by atoms with Gasteiger partial charge in [-0.15, -0.1) is 0 Å². The maximum atomic E-state index is 10.5. The summed E-state index contributed by atoms with van der Waals surface area (Å²) in [6.07, 6.45) is -1.29. The summed E-state index contributed by atoms with van der Waals surface area (Å²) >= 11 is 0. The molecule has 0 aromatic rings. The molecule has 0 spiro atoms. The zero-order valence-corrected chi connectivity index (χ0v) is 6.13. The van der Waals surface area contributed by atoms with Crippen LogP contribution in [0.5, 0.6) is 0 Å². The second-order valence-electron chi connectivity index (χ2n) is 1.96. The van der Waals surface area contributed by atoms with E-state index in [1.807, 2.05) is 0 Å². The van der Waals surface area contributed by atoms with Crippen LogP contribution in [-0.4, -0.2) is 29.6 Å². The minimum atomic E-state index is -1.29. The Morgan fingerprint density at radius 1 is 1.64 bits per heavy atom. The number of rotatable bonds is 3. The lowest BCUT2D eigenvalue weighted by atomic mass is 10.3. The molecule has 0 heterocycles. The number of carbonyl (C=O) groups excluding carboxylic acids is 2. The number of nitrogens with one attached hydrogen (secondary N) is 2. The maximum Gasteiger partial charge on any atom is 0.264 e. The second kappa shape index (κ2) is 4.64. The summed E-state index contributed by atoms with van der Waals surface area (Å²) in [6.45, 7) is 1.16. The minimum absolute atomic E-state index is 0.127. The maximum absolute atomic E-state index is 10.5. The third-order valence-corrected chi connectivity index (χ3v) is 0.989. The molecule has 0 saturated heterocycles. The number of hydrogen-bond acceptors (Lipinski definition) is 4. The van der Waals surface area contributed by atoms with Crippen LogP contribution in [0.2, 0.25) is 0 Å². The lowest BCUT2D eigenvalue weighted by molar-refractivity contribution is -0.129. The standard InChI is InChI=1S/C5H11N3O3/c1-3(9)7-2-4(10)5(11)8-6/h4,10H,2,6H2,1H3,(H,7,9)(H,8,11). The Hall–Kier alpha value is -1.14. The molecule has 5 N–H and O–H groups in total. The Balaban J connectivity index is 3.60. The highest BCUT2D eigenvalue weighted by molar-refractivity contribution is 5.81. The first kappa shape index (κ1) is 9.86. The number of amides is 2. The van der Waals surface area contributed by atoms with Crippen LogP contribution in [0.25, 0.3) is 0 Å². The number of nitrogens with two attached hydrogens (primary N) is 1. The van der Waals surface area contributed by atoms with Crippen molar-refractivity contribution in [3.63, 3.8) is 0 Å². The van der Waals surface area contributed by atoms with Crippen LogP contribution in [0.1, 0.15) is 6.92 Å². The largest absolute Gasteiger partial charge is 0.381 e. The lowest BCUT2D eigenvalue weighted by Crippen LogP contribution is -2.44. The zero-order valence-electron chi connectivity index (χ0n) is 6.13. The van der Waals surface area contributed by atoms with E-state index in [0.717, 1.165) is 0 Å². The van der Waals surface area contributed by atoms with Gasteiger partial charge in [0.15, 0.2) is 6.10 Å². The fourth-order valence-electron chi connectivity index (χ4n) is 0.429. The van der Waals surface area contributed by atoms with Crippen molar-refractivity contribution in [2.24, 2.45) is 5.84 Å². The van der Waals surface area contributed by atoms with Gasteiger partial charge < -0.3 is 10.4 Å². The van der Waals surface area contributed by atoms with Crippen molar-refractivity contribution in [3.05, 3.63) is 0 Å². The molecule has 0 aliphatic rings. The van der Waals surface area contributed by atoms with E-state index in [1.165, 1.54) is 6.92 Å². The topological polar surface area (TPSA) is 104 Å². The van der Waals surface area contributed by atoms with Gasteiger partial charge >= 0.3 is 0 Å². The van der Waals surface area contributed by atoms with Crippen molar-refractivity contribution < 1.29 is 14.7 Å². The van der Waals surface area contributed by atoms with Crippen LogP contribution in [0.3, 0.4) is 0 Å². The first-order valence-corrected chi connectivity index (χ1v) is 3.01. The van der Waals surface area contributed by atoms with Gasteiger partial charge in [-0.25, -0.2) is 5.84 Å². The van der Waals surface area contributed by atoms with Gasteiger partial charge in [-0.3, -0.25) is 15.0 Å².